The summed E-state index contributed by atoms with van der Waals surface area (Å²) in [6.45, 7) is 5.07. The zero-order valence-corrected chi connectivity index (χ0v) is 10.1. The van der Waals surface area contributed by atoms with Crippen LogP contribution in [0.3, 0.4) is 0 Å². The highest BCUT2D eigenvalue weighted by molar-refractivity contribution is 5.85. The molecule has 1 heterocycles. The Bertz CT molecular complexity index is 571. The Kier molecular flexibility index (Phi) is 2.11. The topological polar surface area (TPSA) is 41.8 Å². The molecule has 3 rings (SSSR count). The fourth-order valence-corrected chi connectivity index (χ4v) is 3.21. The lowest BCUT2D eigenvalue weighted by molar-refractivity contribution is 0.558. The fraction of sp³-hybridized carbons (Fsp3) is 0.429. The number of benzene rings is 1. The summed E-state index contributed by atoms with van der Waals surface area (Å²) >= 11 is 0. The van der Waals surface area contributed by atoms with Gasteiger partial charge in [-0.1, -0.05) is 19.9 Å². The molecule has 3 N–H and O–H groups in total. The number of rotatable bonds is 2. The van der Waals surface area contributed by atoms with Crippen LogP contribution in [-0.2, 0) is 0 Å². The predicted octanol–water partition coefficient (Wildman–Crippen LogP) is 3.01. The van der Waals surface area contributed by atoms with Crippen LogP contribution in [0.1, 0.15) is 25.3 Å². The third-order valence-corrected chi connectivity index (χ3v) is 4.32. The molecule has 90 valence electrons. The van der Waals surface area contributed by atoms with Gasteiger partial charge < -0.3 is 10.7 Å². The molecule has 0 bridgehead atoms. The van der Waals surface area contributed by atoms with Crippen molar-refractivity contribution in [3.63, 3.8) is 0 Å². The Morgan fingerprint density at radius 2 is 2.18 bits per heavy atom. The Labute approximate surface area is 100 Å². The number of hydrogen-bond donors (Lipinski definition) is 2. The summed E-state index contributed by atoms with van der Waals surface area (Å²) in [7, 11) is 0. The highest BCUT2D eigenvalue weighted by atomic mass is 19.1. The maximum Gasteiger partial charge on any atom is 0.132 e. The van der Waals surface area contributed by atoms with Gasteiger partial charge in [-0.25, -0.2) is 4.39 Å². The van der Waals surface area contributed by atoms with Crippen molar-refractivity contribution in [2.24, 2.45) is 17.1 Å². The lowest BCUT2D eigenvalue weighted by Crippen LogP contribution is -2.05. The fourth-order valence-electron chi connectivity index (χ4n) is 3.21. The van der Waals surface area contributed by atoms with Crippen molar-refractivity contribution in [3.8, 4) is 0 Å². The normalized spacial score (nSPS) is 26.4. The van der Waals surface area contributed by atoms with Gasteiger partial charge in [0.2, 0.25) is 0 Å². The monoisotopic (exact) mass is 232 g/mol. The Balaban J connectivity index is 2.14. The highest BCUT2D eigenvalue weighted by Gasteiger charge is 2.57. The largest absolute Gasteiger partial charge is 0.361 e. The smallest absolute Gasteiger partial charge is 0.132 e. The van der Waals surface area contributed by atoms with Gasteiger partial charge in [0, 0.05) is 17.1 Å². The van der Waals surface area contributed by atoms with Gasteiger partial charge in [0.15, 0.2) is 0 Å². The first-order valence-corrected chi connectivity index (χ1v) is 6.03. The molecule has 1 aliphatic carbocycles. The summed E-state index contributed by atoms with van der Waals surface area (Å²) in [5.74, 6) is 0.691. The average Bonchev–Trinajstić information content (AvgIpc) is 2.67. The number of aromatic nitrogens is 1. The number of fused-ring (bicyclic) bond motifs is 1. The van der Waals surface area contributed by atoms with Crippen LogP contribution < -0.4 is 5.73 Å². The van der Waals surface area contributed by atoms with Gasteiger partial charge in [-0.05, 0) is 41.5 Å². The second kappa shape index (κ2) is 3.33. The minimum Gasteiger partial charge on any atom is -0.361 e. The van der Waals surface area contributed by atoms with E-state index in [1.807, 2.05) is 12.3 Å². The maximum atomic E-state index is 13.9. The summed E-state index contributed by atoms with van der Waals surface area (Å²) in [5, 5.41) is 0.738. The Morgan fingerprint density at radius 1 is 1.41 bits per heavy atom. The zero-order chi connectivity index (χ0) is 12.2. The first kappa shape index (κ1) is 10.8. The molecule has 1 saturated carbocycles. The van der Waals surface area contributed by atoms with E-state index in [4.69, 9.17) is 5.73 Å². The van der Waals surface area contributed by atoms with Crippen molar-refractivity contribution < 1.29 is 4.39 Å². The molecular formula is C14H17FN2. The van der Waals surface area contributed by atoms with Gasteiger partial charge in [-0.15, -0.1) is 0 Å². The summed E-state index contributed by atoms with van der Waals surface area (Å²) < 4.78 is 13.9. The van der Waals surface area contributed by atoms with Crippen molar-refractivity contribution in [1.29, 1.82) is 0 Å². The third-order valence-electron chi connectivity index (χ3n) is 4.32. The summed E-state index contributed by atoms with van der Waals surface area (Å²) in [5.41, 5.74) is 7.93. The molecule has 0 amide bonds. The van der Waals surface area contributed by atoms with Crippen molar-refractivity contribution >= 4 is 10.9 Å². The second-order valence-electron chi connectivity index (χ2n) is 5.55. The van der Waals surface area contributed by atoms with Gasteiger partial charge in [0.05, 0.1) is 0 Å². The van der Waals surface area contributed by atoms with Crippen molar-refractivity contribution in [1.82, 2.24) is 4.98 Å². The molecule has 1 fully saturated rings. The second-order valence-corrected chi connectivity index (χ2v) is 5.55. The molecule has 1 aromatic heterocycles. The van der Waals surface area contributed by atoms with E-state index in [1.54, 1.807) is 6.07 Å². The molecule has 3 heteroatoms. The quantitative estimate of drug-likeness (QED) is 0.821. The van der Waals surface area contributed by atoms with Crippen LogP contribution in [-0.4, -0.2) is 11.5 Å². The van der Waals surface area contributed by atoms with Crippen molar-refractivity contribution in [2.45, 2.75) is 19.8 Å². The van der Waals surface area contributed by atoms with Crippen LogP contribution in [0, 0.1) is 17.2 Å². The van der Waals surface area contributed by atoms with Gasteiger partial charge in [-0.3, -0.25) is 0 Å². The molecule has 17 heavy (non-hydrogen) atoms. The van der Waals surface area contributed by atoms with Gasteiger partial charge >= 0.3 is 0 Å². The molecule has 1 aliphatic rings. The molecule has 0 unspecified atom stereocenters. The number of halogens is 1. The molecule has 0 spiro atoms. The molecule has 2 aromatic rings. The molecule has 2 nitrogen and oxygen atoms in total. The number of aromatic amines is 1. The zero-order valence-electron chi connectivity index (χ0n) is 10.1. The van der Waals surface area contributed by atoms with Crippen LogP contribution >= 0.6 is 0 Å². The van der Waals surface area contributed by atoms with E-state index in [-0.39, 0.29) is 11.2 Å². The van der Waals surface area contributed by atoms with E-state index >= 15 is 0 Å². The van der Waals surface area contributed by atoms with E-state index in [9.17, 15) is 4.39 Å². The van der Waals surface area contributed by atoms with Crippen LogP contribution in [0.25, 0.3) is 10.9 Å². The summed E-state index contributed by atoms with van der Waals surface area (Å²) in [6.07, 6.45) is 1.94. The molecule has 0 aliphatic heterocycles. The van der Waals surface area contributed by atoms with Crippen LogP contribution in [0.15, 0.2) is 24.4 Å². The number of H-pyrrole nitrogens is 1. The highest BCUT2D eigenvalue weighted by Crippen LogP contribution is 2.64. The third kappa shape index (κ3) is 1.35. The number of nitrogens with one attached hydrogen (secondary N) is 1. The molecule has 0 saturated heterocycles. The van der Waals surface area contributed by atoms with Crippen molar-refractivity contribution in [3.05, 3.63) is 35.8 Å². The van der Waals surface area contributed by atoms with Gasteiger partial charge in [0.25, 0.3) is 0 Å². The molecule has 1 aromatic carbocycles. The maximum absolute atomic E-state index is 13.9. The first-order valence-electron chi connectivity index (χ1n) is 6.03. The Morgan fingerprint density at radius 3 is 2.82 bits per heavy atom. The molecular weight excluding hydrogens is 215 g/mol. The predicted molar refractivity (Wildman–Crippen MR) is 67.3 cm³/mol. The van der Waals surface area contributed by atoms with Crippen LogP contribution in [0.2, 0.25) is 0 Å². The summed E-state index contributed by atoms with van der Waals surface area (Å²) in [4.78, 5) is 3.15. The van der Waals surface area contributed by atoms with Gasteiger partial charge in [0.1, 0.15) is 5.82 Å². The standard InChI is InChI=1S/C14H17FN2/c1-14(2)9(6-16)13(14)8-7-17-11-5-3-4-10(15)12(8)11/h3-5,7,9,13,17H,6,16H2,1-2H3/t9-,13-/m1/s1. The van der Waals surface area contributed by atoms with E-state index in [1.165, 1.54) is 6.07 Å². The lowest BCUT2D eigenvalue weighted by atomic mass is 10.0. The SMILES string of the molecule is CC1(C)[C@H](CN)[C@H]1c1c[nH]c2cccc(F)c12. The van der Waals surface area contributed by atoms with E-state index in [2.05, 4.69) is 18.8 Å². The van der Waals surface area contributed by atoms with E-state index < -0.39 is 0 Å². The van der Waals surface area contributed by atoms with E-state index in [0.29, 0.717) is 18.4 Å². The van der Waals surface area contributed by atoms with Gasteiger partial charge in [-0.2, -0.15) is 0 Å². The van der Waals surface area contributed by atoms with E-state index in [0.717, 1.165) is 16.5 Å². The van der Waals surface area contributed by atoms with Crippen LogP contribution in [0.5, 0.6) is 0 Å². The number of hydrogen-bond acceptors (Lipinski definition) is 1. The first-order chi connectivity index (χ1) is 8.07. The van der Waals surface area contributed by atoms with Crippen molar-refractivity contribution in [2.75, 3.05) is 6.54 Å². The minimum absolute atomic E-state index is 0.141. The molecule has 2 atom stereocenters. The lowest BCUT2D eigenvalue weighted by Gasteiger charge is -2.02. The Hall–Kier alpha value is -1.35. The summed E-state index contributed by atoms with van der Waals surface area (Å²) in [6, 6.07) is 5.16. The van der Waals surface area contributed by atoms with Crippen LogP contribution in [0.4, 0.5) is 4.39 Å². The molecule has 0 radical (unpaired) electrons. The minimum atomic E-state index is -0.141. The average molecular weight is 232 g/mol. The number of nitrogens with two attached hydrogens (primary N) is 1.